The van der Waals surface area contributed by atoms with Crippen molar-refractivity contribution >= 4 is 11.6 Å². The first-order valence-electron chi connectivity index (χ1n) is 6.36. The second-order valence-electron chi connectivity index (χ2n) is 4.12. The molecule has 1 amide bonds. The van der Waals surface area contributed by atoms with Crippen LogP contribution in [0.5, 0.6) is 0 Å². The normalized spacial score (nSPS) is 11.1. The minimum Gasteiger partial charge on any atom is -0.394 e. The molecule has 19 heavy (non-hydrogen) atoms. The number of amides is 1. The number of aliphatic hydroxyl groups is 1. The summed E-state index contributed by atoms with van der Waals surface area (Å²) in [4.78, 5) is 11.9. The van der Waals surface area contributed by atoms with Crippen LogP contribution in [-0.4, -0.2) is 30.2 Å². The minimum atomic E-state index is -0.190. The van der Waals surface area contributed by atoms with E-state index in [0.717, 1.165) is 5.69 Å². The van der Waals surface area contributed by atoms with Gasteiger partial charge >= 0.3 is 0 Å². The van der Waals surface area contributed by atoms with Gasteiger partial charge in [0, 0.05) is 11.3 Å². The van der Waals surface area contributed by atoms with E-state index in [2.05, 4.69) is 22.5 Å². The molecule has 0 saturated carbocycles. The Bertz CT molecular complexity index is 453. The molecule has 4 nitrogen and oxygen atoms in total. The van der Waals surface area contributed by atoms with Crippen LogP contribution in [0.15, 0.2) is 24.3 Å². The van der Waals surface area contributed by atoms with Gasteiger partial charge in [0.2, 0.25) is 0 Å². The van der Waals surface area contributed by atoms with Gasteiger partial charge in [0.15, 0.2) is 0 Å². The van der Waals surface area contributed by atoms with Crippen LogP contribution >= 0.6 is 0 Å². The van der Waals surface area contributed by atoms with Gasteiger partial charge in [-0.05, 0) is 37.6 Å². The molecule has 1 unspecified atom stereocenters. The highest BCUT2D eigenvalue weighted by atomic mass is 16.3. The van der Waals surface area contributed by atoms with Crippen molar-refractivity contribution in [2.24, 2.45) is 0 Å². The van der Waals surface area contributed by atoms with Crippen LogP contribution in [0.3, 0.4) is 0 Å². The zero-order valence-corrected chi connectivity index (χ0v) is 11.4. The Balaban J connectivity index is 2.59. The molecule has 4 heteroatoms. The molecule has 0 aliphatic rings. The number of carbonyl (C=O) groups excluding carboxylic acids is 1. The fourth-order valence-corrected chi connectivity index (χ4v) is 1.52. The molecule has 0 radical (unpaired) electrons. The number of benzene rings is 1. The predicted octanol–water partition coefficient (Wildman–Crippen LogP) is 1.62. The summed E-state index contributed by atoms with van der Waals surface area (Å²) in [5.74, 6) is 5.54. The molecule has 0 bridgehead atoms. The smallest absolute Gasteiger partial charge is 0.251 e. The molecule has 0 fully saturated rings. The quantitative estimate of drug-likeness (QED) is 0.681. The molecule has 0 aliphatic carbocycles. The highest BCUT2D eigenvalue weighted by molar-refractivity contribution is 5.94. The lowest BCUT2D eigenvalue weighted by Crippen LogP contribution is -2.36. The first kappa shape index (κ1) is 15.1. The van der Waals surface area contributed by atoms with Crippen LogP contribution in [0, 0.1) is 11.8 Å². The van der Waals surface area contributed by atoms with Crippen molar-refractivity contribution in [2.75, 3.05) is 18.5 Å². The van der Waals surface area contributed by atoms with Gasteiger partial charge in [-0.1, -0.05) is 12.8 Å². The number of hydrogen-bond donors (Lipinski definition) is 3. The van der Waals surface area contributed by atoms with Gasteiger partial charge in [0.1, 0.15) is 0 Å². The monoisotopic (exact) mass is 260 g/mol. The summed E-state index contributed by atoms with van der Waals surface area (Å²) < 4.78 is 0. The Morgan fingerprint density at radius 1 is 1.37 bits per heavy atom. The molecule has 102 valence electrons. The van der Waals surface area contributed by atoms with E-state index in [-0.39, 0.29) is 18.6 Å². The molecule has 1 aromatic rings. The highest BCUT2D eigenvalue weighted by Gasteiger charge is 2.10. The molecule has 1 rings (SSSR count). The maximum absolute atomic E-state index is 11.9. The Kier molecular flexibility index (Phi) is 6.48. The number of anilines is 1. The lowest BCUT2D eigenvalue weighted by Gasteiger charge is -2.14. The fraction of sp³-hybridized carbons (Fsp3) is 0.400. The molecule has 0 aromatic heterocycles. The third kappa shape index (κ3) is 5.02. The Morgan fingerprint density at radius 3 is 2.58 bits per heavy atom. The fourth-order valence-electron chi connectivity index (χ4n) is 1.52. The van der Waals surface area contributed by atoms with Crippen molar-refractivity contribution in [3.8, 4) is 11.8 Å². The number of aliphatic hydroxyl groups excluding tert-OH is 1. The molecular weight excluding hydrogens is 240 g/mol. The molecule has 3 N–H and O–H groups in total. The number of rotatable bonds is 6. The lowest BCUT2D eigenvalue weighted by molar-refractivity contribution is 0.0915. The largest absolute Gasteiger partial charge is 0.394 e. The van der Waals surface area contributed by atoms with E-state index < -0.39 is 0 Å². The maximum atomic E-state index is 11.9. The summed E-state index contributed by atoms with van der Waals surface area (Å²) >= 11 is 0. The highest BCUT2D eigenvalue weighted by Crippen LogP contribution is 2.09. The maximum Gasteiger partial charge on any atom is 0.251 e. The third-order valence-corrected chi connectivity index (χ3v) is 2.75. The summed E-state index contributed by atoms with van der Waals surface area (Å²) in [6.07, 6.45) is 0.706. The van der Waals surface area contributed by atoms with Gasteiger partial charge in [-0.3, -0.25) is 4.79 Å². The second kappa shape index (κ2) is 8.17. The van der Waals surface area contributed by atoms with Crippen molar-refractivity contribution < 1.29 is 9.90 Å². The van der Waals surface area contributed by atoms with Crippen molar-refractivity contribution in [1.82, 2.24) is 5.32 Å². The summed E-state index contributed by atoms with van der Waals surface area (Å²) in [7, 11) is 0. The Labute approximate surface area is 114 Å². The van der Waals surface area contributed by atoms with E-state index >= 15 is 0 Å². The number of hydrogen-bond acceptors (Lipinski definition) is 3. The molecule has 0 heterocycles. The van der Waals surface area contributed by atoms with Crippen LogP contribution in [0.4, 0.5) is 5.69 Å². The number of nitrogens with one attached hydrogen (secondary N) is 2. The van der Waals surface area contributed by atoms with Crippen LogP contribution in [0.25, 0.3) is 0 Å². The summed E-state index contributed by atoms with van der Waals surface area (Å²) in [5, 5.41) is 15.0. The van der Waals surface area contributed by atoms with E-state index in [1.165, 1.54) is 0 Å². The van der Waals surface area contributed by atoms with E-state index in [0.29, 0.717) is 18.5 Å². The van der Waals surface area contributed by atoms with Gasteiger partial charge in [-0.25, -0.2) is 0 Å². The molecule has 0 aliphatic heterocycles. The topological polar surface area (TPSA) is 61.4 Å². The van der Waals surface area contributed by atoms with Gasteiger partial charge in [-0.2, -0.15) is 0 Å². The predicted molar refractivity (Wildman–Crippen MR) is 77.0 cm³/mol. The van der Waals surface area contributed by atoms with Crippen molar-refractivity contribution in [3.05, 3.63) is 29.8 Å². The standard InChI is InChI=1S/C15H20N2O2/c1-3-5-10-16-14-8-6-12(7-9-14)15(19)17-13(4-2)11-18/h6-9,13,16,18H,4,10-11H2,1-2H3,(H,17,19). The van der Waals surface area contributed by atoms with Crippen molar-refractivity contribution in [1.29, 1.82) is 0 Å². The first-order chi connectivity index (χ1) is 9.21. The SMILES string of the molecule is CC#CCNc1ccc(C(=O)NC(CC)CO)cc1. The summed E-state index contributed by atoms with van der Waals surface area (Å²) in [6, 6.07) is 6.99. The summed E-state index contributed by atoms with van der Waals surface area (Å²) in [5.41, 5.74) is 1.51. The molecule has 0 saturated heterocycles. The zero-order chi connectivity index (χ0) is 14.1. The van der Waals surface area contributed by atoms with Gasteiger partial charge in [-0.15, -0.1) is 5.92 Å². The lowest BCUT2D eigenvalue weighted by atomic mass is 10.1. The van der Waals surface area contributed by atoms with Crippen molar-refractivity contribution in [2.45, 2.75) is 26.3 Å². The van der Waals surface area contributed by atoms with Crippen LogP contribution in [0.2, 0.25) is 0 Å². The molecular formula is C15H20N2O2. The minimum absolute atomic E-state index is 0.0441. The molecule has 1 aromatic carbocycles. The summed E-state index contributed by atoms with van der Waals surface area (Å²) in [6.45, 7) is 4.26. The third-order valence-electron chi connectivity index (χ3n) is 2.75. The average molecular weight is 260 g/mol. The zero-order valence-electron chi connectivity index (χ0n) is 11.4. The van der Waals surface area contributed by atoms with E-state index in [1.807, 2.05) is 19.1 Å². The van der Waals surface area contributed by atoms with Crippen LogP contribution in [0.1, 0.15) is 30.6 Å². The Hall–Kier alpha value is -1.99. The van der Waals surface area contributed by atoms with E-state index in [4.69, 9.17) is 5.11 Å². The van der Waals surface area contributed by atoms with Crippen molar-refractivity contribution in [3.63, 3.8) is 0 Å². The van der Waals surface area contributed by atoms with E-state index in [1.54, 1.807) is 19.1 Å². The van der Waals surface area contributed by atoms with Gasteiger partial charge < -0.3 is 15.7 Å². The van der Waals surface area contributed by atoms with Gasteiger partial charge in [0.05, 0.1) is 19.2 Å². The second-order valence-corrected chi connectivity index (χ2v) is 4.12. The average Bonchev–Trinajstić information content (AvgIpc) is 2.45. The van der Waals surface area contributed by atoms with Crippen LogP contribution in [-0.2, 0) is 0 Å². The molecule has 0 spiro atoms. The number of carbonyl (C=O) groups is 1. The van der Waals surface area contributed by atoms with Gasteiger partial charge in [0.25, 0.3) is 5.91 Å². The Morgan fingerprint density at radius 2 is 2.05 bits per heavy atom. The molecule has 1 atom stereocenters. The first-order valence-corrected chi connectivity index (χ1v) is 6.36. The van der Waals surface area contributed by atoms with E-state index in [9.17, 15) is 4.79 Å². The van der Waals surface area contributed by atoms with Crippen LogP contribution < -0.4 is 10.6 Å².